The van der Waals surface area contributed by atoms with Crippen LogP contribution < -0.4 is 10.6 Å². The SMILES string of the molecule is CCNC(=O)n1nc(-c2ccc(NC(=O)c3c(Cl)cccc3Cl)cc2O)cc1C1CCCC1. The molecule has 0 unspecified atom stereocenters. The van der Waals surface area contributed by atoms with Gasteiger partial charge in [-0.1, -0.05) is 42.1 Å². The first-order valence-corrected chi connectivity index (χ1v) is 11.6. The lowest BCUT2D eigenvalue weighted by molar-refractivity contribution is 0.102. The van der Waals surface area contributed by atoms with Gasteiger partial charge in [0.2, 0.25) is 0 Å². The number of carbonyl (C=O) groups excluding carboxylic acids is 2. The number of rotatable bonds is 5. The molecule has 0 radical (unpaired) electrons. The van der Waals surface area contributed by atoms with Gasteiger partial charge in [0.25, 0.3) is 5.91 Å². The molecular weight excluding hydrogens is 463 g/mol. The number of amides is 2. The summed E-state index contributed by atoms with van der Waals surface area (Å²) in [6.45, 7) is 2.35. The van der Waals surface area contributed by atoms with Gasteiger partial charge in [-0.05, 0) is 50.1 Å². The molecule has 1 saturated carbocycles. The van der Waals surface area contributed by atoms with Gasteiger partial charge in [0, 0.05) is 29.8 Å². The molecule has 2 amide bonds. The standard InChI is InChI=1S/C24H24Cl2N4O3/c1-2-27-24(33)30-20(14-6-3-4-7-14)13-19(29-30)16-11-10-15(12-21(16)31)28-23(32)22-17(25)8-5-9-18(22)26/h5,8-14,31H,2-4,6-7H2,1H3,(H,27,33)(H,28,32). The molecule has 1 heterocycles. The minimum atomic E-state index is -0.484. The molecule has 1 aromatic heterocycles. The van der Waals surface area contributed by atoms with E-state index in [1.165, 1.54) is 10.7 Å². The van der Waals surface area contributed by atoms with E-state index in [0.29, 0.717) is 23.5 Å². The van der Waals surface area contributed by atoms with Crippen LogP contribution in [0.3, 0.4) is 0 Å². The highest BCUT2D eigenvalue weighted by atomic mass is 35.5. The van der Waals surface area contributed by atoms with Crippen molar-refractivity contribution >= 4 is 40.8 Å². The minimum Gasteiger partial charge on any atom is -0.507 e. The van der Waals surface area contributed by atoms with E-state index in [-0.39, 0.29) is 33.3 Å². The van der Waals surface area contributed by atoms with Crippen LogP contribution in [-0.4, -0.2) is 33.4 Å². The van der Waals surface area contributed by atoms with Crippen molar-refractivity contribution in [2.24, 2.45) is 0 Å². The average molecular weight is 487 g/mol. The second-order valence-electron chi connectivity index (χ2n) is 7.97. The smallest absolute Gasteiger partial charge is 0.342 e. The number of nitrogens with one attached hydrogen (secondary N) is 2. The lowest BCUT2D eigenvalue weighted by Gasteiger charge is -2.11. The first kappa shape index (κ1) is 23.1. The molecule has 1 fully saturated rings. The maximum Gasteiger partial charge on any atom is 0.342 e. The van der Waals surface area contributed by atoms with Crippen LogP contribution in [0.25, 0.3) is 11.3 Å². The summed E-state index contributed by atoms with van der Waals surface area (Å²) in [6.07, 6.45) is 4.25. The Kier molecular flexibility index (Phi) is 6.91. The third-order valence-electron chi connectivity index (χ3n) is 5.75. The molecule has 7 nitrogen and oxygen atoms in total. The highest BCUT2D eigenvalue weighted by molar-refractivity contribution is 6.40. The Bertz CT molecular complexity index is 1180. The Balaban J connectivity index is 1.62. The molecule has 33 heavy (non-hydrogen) atoms. The number of halogens is 2. The maximum absolute atomic E-state index is 12.6. The number of carbonyl (C=O) groups is 2. The lowest BCUT2D eigenvalue weighted by atomic mass is 10.0. The molecule has 2 aromatic carbocycles. The zero-order valence-electron chi connectivity index (χ0n) is 18.1. The van der Waals surface area contributed by atoms with Crippen molar-refractivity contribution in [2.45, 2.75) is 38.5 Å². The van der Waals surface area contributed by atoms with E-state index >= 15 is 0 Å². The Morgan fingerprint density at radius 3 is 2.45 bits per heavy atom. The van der Waals surface area contributed by atoms with Crippen molar-refractivity contribution in [3.63, 3.8) is 0 Å². The second-order valence-corrected chi connectivity index (χ2v) is 8.78. The van der Waals surface area contributed by atoms with Crippen LogP contribution in [0.2, 0.25) is 10.0 Å². The highest BCUT2D eigenvalue weighted by Crippen LogP contribution is 2.38. The van der Waals surface area contributed by atoms with E-state index in [0.717, 1.165) is 31.4 Å². The molecule has 172 valence electrons. The van der Waals surface area contributed by atoms with E-state index in [2.05, 4.69) is 15.7 Å². The normalized spacial score (nSPS) is 13.8. The molecular formula is C24H24Cl2N4O3. The summed E-state index contributed by atoms with van der Waals surface area (Å²) >= 11 is 12.2. The average Bonchev–Trinajstić information content (AvgIpc) is 3.44. The number of nitrogens with zero attached hydrogens (tertiary/aromatic N) is 2. The molecule has 1 aliphatic carbocycles. The van der Waals surface area contributed by atoms with Crippen molar-refractivity contribution in [1.82, 2.24) is 15.1 Å². The Labute approximate surface area is 201 Å². The van der Waals surface area contributed by atoms with E-state index < -0.39 is 5.91 Å². The molecule has 0 aliphatic heterocycles. The number of aromatic nitrogens is 2. The first-order chi connectivity index (χ1) is 15.9. The summed E-state index contributed by atoms with van der Waals surface area (Å²) in [5, 5.41) is 21.1. The van der Waals surface area contributed by atoms with Gasteiger partial charge < -0.3 is 15.7 Å². The van der Waals surface area contributed by atoms with E-state index in [9.17, 15) is 14.7 Å². The monoisotopic (exact) mass is 486 g/mol. The number of phenolic OH excluding ortho intramolecular Hbond substituents is 1. The molecule has 3 N–H and O–H groups in total. The fourth-order valence-corrected chi connectivity index (χ4v) is 4.73. The van der Waals surface area contributed by atoms with Gasteiger partial charge in [0.1, 0.15) is 5.75 Å². The lowest BCUT2D eigenvalue weighted by Crippen LogP contribution is -2.30. The first-order valence-electron chi connectivity index (χ1n) is 10.9. The third-order valence-corrected chi connectivity index (χ3v) is 6.38. The van der Waals surface area contributed by atoms with Crippen molar-refractivity contribution < 1.29 is 14.7 Å². The van der Waals surface area contributed by atoms with Crippen LogP contribution in [0.15, 0.2) is 42.5 Å². The molecule has 0 saturated heterocycles. The molecule has 1 aliphatic rings. The van der Waals surface area contributed by atoms with Crippen LogP contribution in [0, 0.1) is 0 Å². The summed E-state index contributed by atoms with van der Waals surface area (Å²) in [5.41, 5.74) is 2.33. The Morgan fingerprint density at radius 1 is 1.12 bits per heavy atom. The number of benzene rings is 2. The zero-order chi connectivity index (χ0) is 23.5. The zero-order valence-corrected chi connectivity index (χ0v) is 19.6. The number of hydrogen-bond acceptors (Lipinski definition) is 4. The minimum absolute atomic E-state index is 0.0726. The summed E-state index contributed by atoms with van der Waals surface area (Å²) in [6, 6.07) is 11.1. The van der Waals surface area contributed by atoms with E-state index in [1.807, 2.05) is 13.0 Å². The summed E-state index contributed by atoms with van der Waals surface area (Å²) in [7, 11) is 0. The fraction of sp³-hybridized carbons (Fsp3) is 0.292. The fourth-order valence-electron chi connectivity index (χ4n) is 4.16. The van der Waals surface area contributed by atoms with Gasteiger partial charge in [0.05, 0.1) is 27.0 Å². The van der Waals surface area contributed by atoms with Gasteiger partial charge >= 0.3 is 6.03 Å². The van der Waals surface area contributed by atoms with Gasteiger partial charge in [-0.25, -0.2) is 4.79 Å². The van der Waals surface area contributed by atoms with Gasteiger partial charge in [-0.2, -0.15) is 9.78 Å². The van der Waals surface area contributed by atoms with E-state index in [1.54, 1.807) is 30.3 Å². The molecule has 4 rings (SSSR count). The molecule has 0 atom stereocenters. The highest BCUT2D eigenvalue weighted by Gasteiger charge is 2.26. The van der Waals surface area contributed by atoms with Crippen LogP contribution in [0.4, 0.5) is 10.5 Å². The van der Waals surface area contributed by atoms with Crippen molar-refractivity contribution in [2.75, 3.05) is 11.9 Å². The van der Waals surface area contributed by atoms with Gasteiger partial charge in [-0.15, -0.1) is 0 Å². The van der Waals surface area contributed by atoms with Crippen molar-refractivity contribution in [1.29, 1.82) is 0 Å². The number of hydrogen-bond donors (Lipinski definition) is 3. The second kappa shape index (κ2) is 9.85. The van der Waals surface area contributed by atoms with Crippen LogP contribution in [-0.2, 0) is 0 Å². The summed E-state index contributed by atoms with van der Waals surface area (Å²) in [4.78, 5) is 25.2. The molecule has 0 bridgehead atoms. The predicted octanol–water partition coefficient (Wildman–Crippen LogP) is 6.05. The molecule has 9 heteroatoms. The summed E-state index contributed by atoms with van der Waals surface area (Å²) in [5.74, 6) is -0.298. The van der Waals surface area contributed by atoms with Gasteiger partial charge in [0.15, 0.2) is 0 Å². The van der Waals surface area contributed by atoms with Gasteiger partial charge in [-0.3, -0.25) is 4.79 Å². The summed E-state index contributed by atoms with van der Waals surface area (Å²) < 4.78 is 1.41. The number of aromatic hydroxyl groups is 1. The largest absolute Gasteiger partial charge is 0.507 e. The number of anilines is 1. The van der Waals surface area contributed by atoms with Crippen LogP contribution in [0.1, 0.15) is 54.6 Å². The van der Waals surface area contributed by atoms with Crippen LogP contribution in [0.5, 0.6) is 5.75 Å². The molecule has 3 aromatic rings. The Morgan fingerprint density at radius 2 is 1.82 bits per heavy atom. The molecule has 0 spiro atoms. The quantitative estimate of drug-likeness (QED) is 0.408. The number of phenols is 1. The predicted molar refractivity (Wildman–Crippen MR) is 129 cm³/mol. The van der Waals surface area contributed by atoms with Crippen molar-refractivity contribution in [3.05, 3.63) is 63.8 Å². The van der Waals surface area contributed by atoms with E-state index in [4.69, 9.17) is 23.2 Å². The maximum atomic E-state index is 12.6. The van der Waals surface area contributed by atoms with Crippen LogP contribution >= 0.6 is 23.2 Å². The third kappa shape index (κ3) is 4.84. The Hall–Kier alpha value is -3.03. The van der Waals surface area contributed by atoms with Crippen molar-refractivity contribution in [3.8, 4) is 17.0 Å². The topological polar surface area (TPSA) is 96.3 Å².